The molecule has 2 N–H and O–H groups in total. The van der Waals surface area contributed by atoms with E-state index in [1.165, 1.54) is 6.33 Å². The summed E-state index contributed by atoms with van der Waals surface area (Å²) in [6.07, 6.45) is 2.48. The summed E-state index contributed by atoms with van der Waals surface area (Å²) in [5.74, 6) is -0.147. The first-order valence-electron chi connectivity index (χ1n) is 6.61. The highest BCUT2D eigenvalue weighted by atomic mass is 35.5. The fourth-order valence-electron chi connectivity index (χ4n) is 1.92. The number of aliphatic hydroxyl groups is 1. The number of hydrogen-bond acceptors (Lipinski definition) is 4. The summed E-state index contributed by atoms with van der Waals surface area (Å²) in [5, 5.41) is 17.5. The Balaban J connectivity index is 1.83. The first kappa shape index (κ1) is 15.5. The highest BCUT2D eigenvalue weighted by molar-refractivity contribution is 6.30. The average molecular weight is 309 g/mol. The molecule has 0 radical (unpaired) electrons. The number of aliphatic hydroxyl groups excluding tert-OH is 1. The van der Waals surface area contributed by atoms with Crippen LogP contribution >= 0.6 is 11.6 Å². The second kappa shape index (κ2) is 7.19. The van der Waals surface area contributed by atoms with Gasteiger partial charge in [0.15, 0.2) is 0 Å². The summed E-state index contributed by atoms with van der Waals surface area (Å²) in [6, 6.07) is 6.50. The number of aryl methyl sites for hydroxylation is 1. The van der Waals surface area contributed by atoms with Gasteiger partial charge in [-0.3, -0.25) is 9.48 Å². The fourth-order valence-corrected chi connectivity index (χ4v) is 2.04. The van der Waals surface area contributed by atoms with Crippen LogP contribution in [-0.2, 0) is 11.3 Å². The van der Waals surface area contributed by atoms with Gasteiger partial charge in [0.1, 0.15) is 12.7 Å². The van der Waals surface area contributed by atoms with Crippen LogP contribution in [0.4, 0.5) is 0 Å². The van der Waals surface area contributed by atoms with E-state index in [1.807, 2.05) is 0 Å². The molecule has 0 aliphatic carbocycles. The van der Waals surface area contributed by atoms with E-state index in [4.69, 9.17) is 11.6 Å². The molecule has 0 saturated carbocycles. The van der Waals surface area contributed by atoms with E-state index in [-0.39, 0.29) is 12.3 Å². The van der Waals surface area contributed by atoms with Gasteiger partial charge in [0.05, 0.1) is 18.7 Å². The maximum absolute atomic E-state index is 11.8. The minimum absolute atomic E-state index is 0.147. The predicted octanol–water partition coefficient (Wildman–Crippen LogP) is 1.56. The Bertz CT molecular complexity index is 571. The molecule has 21 heavy (non-hydrogen) atoms. The van der Waals surface area contributed by atoms with Crippen LogP contribution in [0.3, 0.4) is 0 Å². The molecule has 0 aliphatic heterocycles. The summed E-state index contributed by atoms with van der Waals surface area (Å²) < 4.78 is 1.58. The van der Waals surface area contributed by atoms with Crippen molar-refractivity contribution in [1.82, 2.24) is 20.1 Å². The van der Waals surface area contributed by atoms with Crippen LogP contribution in [0.25, 0.3) is 0 Å². The Morgan fingerprint density at radius 3 is 2.76 bits per heavy atom. The maximum Gasteiger partial charge on any atom is 0.222 e. The number of nitrogens with one attached hydrogen (secondary N) is 1. The minimum Gasteiger partial charge on any atom is -0.386 e. The zero-order valence-electron chi connectivity index (χ0n) is 11.6. The van der Waals surface area contributed by atoms with Crippen LogP contribution in [0, 0.1) is 0 Å². The molecule has 1 amide bonds. The lowest BCUT2D eigenvalue weighted by molar-refractivity contribution is -0.122. The predicted molar refractivity (Wildman–Crippen MR) is 78.7 cm³/mol. The maximum atomic E-state index is 11.8. The molecular weight excluding hydrogens is 292 g/mol. The van der Waals surface area contributed by atoms with Crippen LogP contribution < -0.4 is 5.32 Å². The van der Waals surface area contributed by atoms with Gasteiger partial charge in [-0.2, -0.15) is 5.10 Å². The van der Waals surface area contributed by atoms with Crippen molar-refractivity contribution in [2.75, 3.05) is 0 Å². The van der Waals surface area contributed by atoms with Crippen molar-refractivity contribution in [3.8, 4) is 0 Å². The van der Waals surface area contributed by atoms with Gasteiger partial charge >= 0.3 is 0 Å². The normalized spacial score (nSPS) is 13.7. The number of amides is 1. The zero-order valence-corrected chi connectivity index (χ0v) is 12.4. The molecule has 2 rings (SSSR count). The Morgan fingerprint density at radius 1 is 1.43 bits per heavy atom. The third kappa shape index (κ3) is 4.54. The summed E-state index contributed by atoms with van der Waals surface area (Å²) in [5.41, 5.74) is 0.712. The molecule has 1 aromatic heterocycles. The van der Waals surface area contributed by atoms with Crippen LogP contribution in [0.15, 0.2) is 36.9 Å². The summed E-state index contributed by atoms with van der Waals surface area (Å²) in [4.78, 5) is 15.6. The second-order valence-corrected chi connectivity index (χ2v) is 5.20. The van der Waals surface area contributed by atoms with Crippen LogP contribution in [-0.4, -0.2) is 31.8 Å². The van der Waals surface area contributed by atoms with Gasteiger partial charge in [0.25, 0.3) is 0 Å². The fraction of sp³-hybridized carbons (Fsp3) is 0.357. The Kier molecular flexibility index (Phi) is 5.30. The van der Waals surface area contributed by atoms with Gasteiger partial charge < -0.3 is 10.4 Å². The number of rotatable bonds is 6. The zero-order chi connectivity index (χ0) is 15.2. The third-order valence-corrected chi connectivity index (χ3v) is 3.36. The van der Waals surface area contributed by atoms with Crippen LogP contribution in [0.5, 0.6) is 0 Å². The average Bonchev–Trinajstić information content (AvgIpc) is 2.98. The molecule has 0 bridgehead atoms. The molecule has 0 spiro atoms. The van der Waals surface area contributed by atoms with Gasteiger partial charge in [-0.1, -0.05) is 23.7 Å². The number of benzene rings is 1. The quantitative estimate of drug-likeness (QED) is 0.848. The third-order valence-electron chi connectivity index (χ3n) is 3.11. The van der Waals surface area contributed by atoms with E-state index in [9.17, 15) is 9.90 Å². The lowest BCUT2D eigenvalue weighted by atomic mass is 10.0. The Hall–Kier alpha value is -1.92. The molecule has 2 atom stereocenters. The van der Waals surface area contributed by atoms with E-state index >= 15 is 0 Å². The first-order chi connectivity index (χ1) is 10.1. The topological polar surface area (TPSA) is 80.0 Å². The minimum atomic E-state index is -0.780. The molecule has 0 saturated heterocycles. The molecule has 1 heterocycles. The number of hydrogen-bond donors (Lipinski definition) is 2. The number of halogens is 1. The van der Waals surface area contributed by atoms with Crippen LogP contribution in [0.1, 0.15) is 25.0 Å². The molecule has 0 aliphatic rings. The highest BCUT2D eigenvalue weighted by Gasteiger charge is 2.18. The van der Waals surface area contributed by atoms with Crippen molar-refractivity contribution in [3.63, 3.8) is 0 Å². The van der Waals surface area contributed by atoms with Crippen molar-refractivity contribution in [2.24, 2.45) is 0 Å². The second-order valence-electron chi connectivity index (χ2n) is 4.76. The largest absolute Gasteiger partial charge is 0.386 e. The lowest BCUT2D eigenvalue weighted by Gasteiger charge is -2.20. The number of nitrogens with zero attached hydrogens (tertiary/aromatic N) is 3. The van der Waals surface area contributed by atoms with Gasteiger partial charge in [0.2, 0.25) is 5.91 Å². The molecule has 6 nitrogen and oxygen atoms in total. The highest BCUT2D eigenvalue weighted by Crippen LogP contribution is 2.19. The van der Waals surface area contributed by atoms with Crippen molar-refractivity contribution in [2.45, 2.75) is 32.0 Å². The molecule has 112 valence electrons. The number of carbonyl (C=O) groups is 1. The molecule has 0 fully saturated rings. The van der Waals surface area contributed by atoms with Crippen molar-refractivity contribution in [3.05, 3.63) is 47.5 Å². The Morgan fingerprint density at radius 2 is 2.14 bits per heavy atom. The van der Waals surface area contributed by atoms with Crippen LogP contribution in [0.2, 0.25) is 5.02 Å². The van der Waals surface area contributed by atoms with E-state index < -0.39 is 12.1 Å². The summed E-state index contributed by atoms with van der Waals surface area (Å²) in [6.45, 7) is 2.21. The Labute approximate surface area is 127 Å². The van der Waals surface area contributed by atoms with Gasteiger partial charge in [-0.15, -0.1) is 0 Å². The van der Waals surface area contributed by atoms with E-state index in [0.29, 0.717) is 17.1 Å². The van der Waals surface area contributed by atoms with E-state index in [2.05, 4.69) is 15.4 Å². The molecule has 2 aromatic rings. The lowest BCUT2D eigenvalue weighted by Crippen LogP contribution is -2.37. The van der Waals surface area contributed by atoms with Gasteiger partial charge in [-0.05, 0) is 24.6 Å². The van der Waals surface area contributed by atoms with E-state index in [1.54, 1.807) is 42.2 Å². The van der Waals surface area contributed by atoms with Gasteiger partial charge in [0, 0.05) is 11.4 Å². The molecule has 1 aromatic carbocycles. The van der Waals surface area contributed by atoms with E-state index in [0.717, 1.165) is 0 Å². The standard InChI is InChI=1S/C14H17ClN4O2/c1-10(14(21)11-2-4-12(15)5-3-11)18-13(20)6-7-19-9-16-8-17-19/h2-5,8-10,14,21H,6-7H2,1H3,(H,18,20). The first-order valence-corrected chi connectivity index (χ1v) is 6.99. The molecule has 7 heteroatoms. The van der Waals surface area contributed by atoms with Crippen molar-refractivity contribution < 1.29 is 9.90 Å². The summed E-state index contributed by atoms with van der Waals surface area (Å²) >= 11 is 5.81. The SMILES string of the molecule is CC(NC(=O)CCn1cncn1)C(O)c1ccc(Cl)cc1. The molecule has 2 unspecified atom stereocenters. The molecular formula is C14H17ClN4O2. The monoisotopic (exact) mass is 308 g/mol. The smallest absolute Gasteiger partial charge is 0.222 e. The number of carbonyl (C=O) groups excluding carboxylic acids is 1. The van der Waals surface area contributed by atoms with Crippen molar-refractivity contribution in [1.29, 1.82) is 0 Å². The number of aromatic nitrogens is 3. The van der Waals surface area contributed by atoms with Crippen molar-refractivity contribution >= 4 is 17.5 Å². The summed E-state index contributed by atoms with van der Waals surface area (Å²) in [7, 11) is 0. The van der Waals surface area contributed by atoms with Gasteiger partial charge in [-0.25, -0.2) is 4.98 Å².